The van der Waals surface area contributed by atoms with E-state index in [1.807, 2.05) is 0 Å². The van der Waals surface area contributed by atoms with Crippen molar-refractivity contribution in [3.8, 4) is 0 Å². The number of rotatable bonds is 4. The van der Waals surface area contributed by atoms with Gasteiger partial charge in [-0.1, -0.05) is 0 Å². The van der Waals surface area contributed by atoms with Crippen LogP contribution in [0.25, 0.3) is 0 Å². The fraction of sp³-hybridized carbons (Fsp3) is 0.500. The molecule has 0 aliphatic carbocycles. The highest BCUT2D eigenvalue weighted by Gasteiger charge is 2.28. The molecule has 1 aromatic heterocycles. The third kappa shape index (κ3) is 4.62. The number of carbonyl (C=O) groups is 2. The Kier molecular flexibility index (Phi) is 5.21. The van der Waals surface area contributed by atoms with Crippen LogP contribution in [0.4, 0.5) is 23.0 Å². The van der Waals surface area contributed by atoms with E-state index in [1.54, 1.807) is 13.8 Å². The van der Waals surface area contributed by atoms with E-state index in [9.17, 15) is 22.8 Å². The van der Waals surface area contributed by atoms with Crippen molar-refractivity contribution in [2.75, 3.05) is 18.9 Å². The second-order valence-corrected chi connectivity index (χ2v) is 5.73. The standard InChI is InChI=1S/C12H15F3N2O3S/c1-6-7(2)21-9(8(6)10(18)19)16-11(20)17(3)5-4-12(13,14)15/h4-5H2,1-3H3,(H,16,20)(H,18,19). The topological polar surface area (TPSA) is 69.6 Å². The first-order valence-corrected chi connectivity index (χ1v) is 6.76. The van der Waals surface area contributed by atoms with Crippen molar-refractivity contribution >= 4 is 28.3 Å². The maximum atomic E-state index is 12.1. The van der Waals surface area contributed by atoms with Crippen LogP contribution in [-0.4, -0.2) is 41.8 Å². The summed E-state index contributed by atoms with van der Waals surface area (Å²) < 4.78 is 36.3. The first-order valence-electron chi connectivity index (χ1n) is 5.95. The number of urea groups is 1. The lowest BCUT2D eigenvalue weighted by Gasteiger charge is -2.18. The number of nitrogens with zero attached hydrogens (tertiary/aromatic N) is 1. The maximum Gasteiger partial charge on any atom is 0.390 e. The molecule has 0 radical (unpaired) electrons. The third-order valence-electron chi connectivity index (χ3n) is 2.90. The van der Waals surface area contributed by atoms with Crippen LogP contribution < -0.4 is 5.32 Å². The number of thiophene rings is 1. The van der Waals surface area contributed by atoms with Gasteiger partial charge in [0.15, 0.2) is 0 Å². The van der Waals surface area contributed by atoms with Crippen LogP contribution in [0.3, 0.4) is 0 Å². The molecule has 0 unspecified atom stereocenters. The minimum absolute atomic E-state index is 0.0323. The molecule has 0 saturated carbocycles. The summed E-state index contributed by atoms with van der Waals surface area (Å²) in [5, 5.41) is 11.6. The van der Waals surface area contributed by atoms with Crippen LogP contribution in [0.15, 0.2) is 0 Å². The fourth-order valence-electron chi connectivity index (χ4n) is 1.56. The molecule has 5 nitrogen and oxygen atoms in total. The van der Waals surface area contributed by atoms with E-state index in [4.69, 9.17) is 5.11 Å². The lowest BCUT2D eigenvalue weighted by Crippen LogP contribution is -2.34. The van der Waals surface area contributed by atoms with Gasteiger partial charge in [-0.05, 0) is 19.4 Å². The molecule has 0 spiro atoms. The molecule has 21 heavy (non-hydrogen) atoms. The van der Waals surface area contributed by atoms with E-state index < -0.39 is 31.1 Å². The summed E-state index contributed by atoms with van der Waals surface area (Å²) in [5.41, 5.74) is 0.496. The number of alkyl halides is 3. The van der Waals surface area contributed by atoms with Crippen LogP contribution in [-0.2, 0) is 0 Å². The number of hydrogen-bond donors (Lipinski definition) is 2. The largest absolute Gasteiger partial charge is 0.478 e. The van der Waals surface area contributed by atoms with Gasteiger partial charge in [0.1, 0.15) is 5.00 Å². The zero-order chi connectivity index (χ0) is 16.4. The molecule has 0 saturated heterocycles. The number of hydrogen-bond acceptors (Lipinski definition) is 3. The second kappa shape index (κ2) is 6.33. The van der Waals surface area contributed by atoms with Gasteiger partial charge < -0.3 is 10.0 Å². The Labute approximate surface area is 123 Å². The SMILES string of the molecule is Cc1sc(NC(=O)N(C)CCC(F)(F)F)c(C(=O)O)c1C. The number of aromatic carboxylic acids is 1. The molecule has 1 heterocycles. The van der Waals surface area contributed by atoms with E-state index in [-0.39, 0.29) is 10.6 Å². The summed E-state index contributed by atoms with van der Waals surface area (Å²) in [6, 6.07) is -0.775. The van der Waals surface area contributed by atoms with Crippen molar-refractivity contribution in [2.24, 2.45) is 0 Å². The first-order chi connectivity index (χ1) is 9.53. The first kappa shape index (κ1) is 17.3. The normalized spacial score (nSPS) is 11.3. The Balaban J connectivity index is 2.80. The summed E-state index contributed by atoms with van der Waals surface area (Å²) in [5.74, 6) is -1.19. The van der Waals surface area contributed by atoms with Crippen molar-refractivity contribution in [2.45, 2.75) is 26.4 Å². The van der Waals surface area contributed by atoms with Gasteiger partial charge in [-0.15, -0.1) is 11.3 Å². The van der Waals surface area contributed by atoms with E-state index in [1.165, 1.54) is 7.05 Å². The Morgan fingerprint density at radius 1 is 1.33 bits per heavy atom. The second-order valence-electron chi connectivity index (χ2n) is 4.51. The molecule has 0 bridgehead atoms. The van der Waals surface area contributed by atoms with Crippen molar-refractivity contribution in [3.63, 3.8) is 0 Å². The van der Waals surface area contributed by atoms with Crippen molar-refractivity contribution in [3.05, 3.63) is 16.0 Å². The summed E-state index contributed by atoms with van der Waals surface area (Å²) in [7, 11) is 1.22. The van der Waals surface area contributed by atoms with Crippen molar-refractivity contribution < 1.29 is 27.9 Å². The minimum atomic E-state index is -4.35. The highest BCUT2D eigenvalue weighted by Crippen LogP contribution is 2.32. The van der Waals surface area contributed by atoms with Gasteiger partial charge in [0.2, 0.25) is 0 Å². The predicted octanol–water partition coefficient (Wildman–Crippen LogP) is 3.48. The predicted molar refractivity (Wildman–Crippen MR) is 73.1 cm³/mol. The molecule has 0 fully saturated rings. The molecular weight excluding hydrogens is 309 g/mol. The maximum absolute atomic E-state index is 12.1. The minimum Gasteiger partial charge on any atom is -0.478 e. The average molecular weight is 324 g/mol. The number of halogens is 3. The summed E-state index contributed by atoms with van der Waals surface area (Å²) in [6.45, 7) is 2.81. The van der Waals surface area contributed by atoms with Gasteiger partial charge in [0, 0.05) is 18.5 Å². The molecule has 0 aliphatic heterocycles. The number of carboxylic acid groups (broad SMARTS) is 1. The smallest absolute Gasteiger partial charge is 0.390 e. The number of carboxylic acids is 1. The Bertz CT molecular complexity index is 555. The monoisotopic (exact) mass is 324 g/mol. The molecule has 118 valence electrons. The molecule has 1 aromatic rings. The van der Waals surface area contributed by atoms with Crippen molar-refractivity contribution in [1.29, 1.82) is 0 Å². The Morgan fingerprint density at radius 2 is 1.90 bits per heavy atom. The van der Waals surface area contributed by atoms with Crippen LogP contribution in [0.2, 0.25) is 0 Å². The van der Waals surface area contributed by atoms with E-state index >= 15 is 0 Å². The molecule has 2 amide bonds. The zero-order valence-corrected chi connectivity index (χ0v) is 12.5. The van der Waals surface area contributed by atoms with Crippen LogP contribution in [0.1, 0.15) is 27.2 Å². The molecule has 2 N–H and O–H groups in total. The van der Waals surface area contributed by atoms with Crippen molar-refractivity contribution in [1.82, 2.24) is 4.90 Å². The molecular formula is C12H15F3N2O3S. The van der Waals surface area contributed by atoms with Gasteiger partial charge in [-0.3, -0.25) is 5.32 Å². The van der Waals surface area contributed by atoms with Crippen LogP contribution in [0.5, 0.6) is 0 Å². The van der Waals surface area contributed by atoms with Gasteiger partial charge in [0.25, 0.3) is 0 Å². The quantitative estimate of drug-likeness (QED) is 0.891. The molecule has 0 aliphatic rings. The summed E-state index contributed by atoms with van der Waals surface area (Å²) in [6.07, 6.45) is -5.47. The Hall–Kier alpha value is -1.77. The van der Waals surface area contributed by atoms with Gasteiger partial charge in [-0.2, -0.15) is 13.2 Å². The average Bonchev–Trinajstić information content (AvgIpc) is 2.60. The molecule has 0 aromatic carbocycles. The number of aryl methyl sites for hydroxylation is 1. The highest BCUT2D eigenvalue weighted by atomic mass is 32.1. The van der Waals surface area contributed by atoms with Gasteiger partial charge in [0.05, 0.1) is 12.0 Å². The molecule has 1 rings (SSSR count). The van der Waals surface area contributed by atoms with Gasteiger partial charge in [-0.25, -0.2) is 9.59 Å². The van der Waals surface area contributed by atoms with Crippen LogP contribution >= 0.6 is 11.3 Å². The van der Waals surface area contributed by atoms with Crippen LogP contribution in [0, 0.1) is 13.8 Å². The zero-order valence-electron chi connectivity index (χ0n) is 11.7. The molecule has 0 atom stereocenters. The van der Waals surface area contributed by atoms with E-state index in [2.05, 4.69) is 5.32 Å². The highest BCUT2D eigenvalue weighted by molar-refractivity contribution is 7.16. The van der Waals surface area contributed by atoms with E-state index in [0.29, 0.717) is 5.56 Å². The lowest BCUT2D eigenvalue weighted by molar-refractivity contribution is -0.135. The number of carbonyl (C=O) groups excluding carboxylic acids is 1. The fourth-order valence-corrected chi connectivity index (χ4v) is 2.60. The number of amides is 2. The Morgan fingerprint density at radius 3 is 2.38 bits per heavy atom. The number of anilines is 1. The van der Waals surface area contributed by atoms with Gasteiger partial charge >= 0.3 is 18.2 Å². The van der Waals surface area contributed by atoms with E-state index in [0.717, 1.165) is 21.1 Å². The third-order valence-corrected chi connectivity index (χ3v) is 4.02. The summed E-state index contributed by atoms with van der Waals surface area (Å²) >= 11 is 1.08. The molecule has 9 heteroatoms. The summed E-state index contributed by atoms with van der Waals surface area (Å²) in [4.78, 5) is 24.5. The lowest BCUT2D eigenvalue weighted by atomic mass is 10.1. The number of nitrogens with one attached hydrogen (secondary N) is 1.